The second-order valence-corrected chi connectivity index (χ2v) is 6.54. The standard InChI is InChI=1S/C16H14N4O3S/c1-23-9-3-2-8-4-10(16(22)18-12(8)5-9)14-11-6-17-20-15(11)19-13(21)7-24-14/h2-6,14H,7H2,1H3,(H,18,22)(H2,17,19,20,21)/t14-/m0/s1. The van der Waals surface area contributed by atoms with Crippen LogP contribution in [0.2, 0.25) is 0 Å². The third kappa shape index (κ3) is 2.44. The number of rotatable bonds is 2. The van der Waals surface area contributed by atoms with E-state index in [1.807, 2.05) is 18.2 Å². The van der Waals surface area contributed by atoms with Gasteiger partial charge >= 0.3 is 0 Å². The second-order valence-electron chi connectivity index (χ2n) is 5.45. The van der Waals surface area contributed by atoms with Crippen molar-refractivity contribution in [1.82, 2.24) is 15.2 Å². The monoisotopic (exact) mass is 342 g/mol. The summed E-state index contributed by atoms with van der Waals surface area (Å²) < 4.78 is 5.19. The largest absolute Gasteiger partial charge is 0.497 e. The van der Waals surface area contributed by atoms with Gasteiger partial charge in [0.05, 0.1) is 29.8 Å². The number of methoxy groups -OCH3 is 1. The van der Waals surface area contributed by atoms with Crippen molar-refractivity contribution in [3.05, 3.63) is 51.9 Å². The van der Waals surface area contributed by atoms with Gasteiger partial charge in [0.15, 0.2) is 0 Å². The molecule has 122 valence electrons. The highest BCUT2D eigenvalue weighted by Crippen LogP contribution is 2.39. The van der Waals surface area contributed by atoms with Gasteiger partial charge in [0.25, 0.3) is 5.56 Å². The number of hydrogen-bond acceptors (Lipinski definition) is 5. The number of aromatic nitrogens is 3. The van der Waals surface area contributed by atoms with Crippen LogP contribution in [0, 0.1) is 0 Å². The Balaban J connectivity index is 1.86. The number of anilines is 1. The van der Waals surface area contributed by atoms with Gasteiger partial charge in [-0.1, -0.05) is 0 Å². The van der Waals surface area contributed by atoms with E-state index >= 15 is 0 Å². The Kier molecular flexibility index (Phi) is 3.53. The number of carbonyl (C=O) groups excluding carboxylic acids is 1. The number of benzene rings is 1. The van der Waals surface area contributed by atoms with Crippen molar-refractivity contribution in [2.24, 2.45) is 0 Å². The summed E-state index contributed by atoms with van der Waals surface area (Å²) in [5.74, 6) is 1.38. The third-order valence-corrected chi connectivity index (χ3v) is 5.23. The fraction of sp³-hybridized carbons (Fsp3) is 0.188. The molecule has 1 aliphatic rings. The Bertz CT molecular complexity index is 994. The van der Waals surface area contributed by atoms with Gasteiger partial charge in [-0.15, -0.1) is 11.8 Å². The lowest BCUT2D eigenvalue weighted by Crippen LogP contribution is -2.15. The third-order valence-electron chi connectivity index (χ3n) is 3.96. The number of ether oxygens (including phenoxy) is 1. The van der Waals surface area contributed by atoms with Crippen LogP contribution < -0.4 is 15.6 Å². The normalized spacial score (nSPS) is 17.2. The van der Waals surface area contributed by atoms with E-state index in [1.54, 1.807) is 19.4 Å². The number of hydrogen-bond donors (Lipinski definition) is 3. The van der Waals surface area contributed by atoms with E-state index < -0.39 is 0 Å². The average Bonchev–Trinajstić information content (AvgIpc) is 2.96. The van der Waals surface area contributed by atoms with Gasteiger partial charge in [-0.2, -0.15) is 5.10 Å². The molecule has 0 spiro atoms. The van der Waals surface area contributed by atoms with Crippen LogP contribution in [0.1, 0.15) is 16.4 Å². The van der Waals surface area contributed by atoms with Crippen LogP contribution in [-0.4, -0.2) is 34.0 Å². The van der Waals surface area contributed by atoms with Gasteiger partial charge in [-0.05, 0) is 23.6 Å². The van der Waals surface area contributed by atoms with Crippen molar-refractivity contribution in [3.63, 3.8) is 0 Å². The minimum absolute atomic E-state index is 0.116. The topological polar surface area (TPSA) is 99.9 Å². The van der Waals surface area contributed by atoms with Crippen LogP contribution in [0.4, 0.5) is 5.82 Å². The second kappa shape index (κ2) is 5.72. The van der Waals surface area contributed by atoms with Crippen LogP contribution in [0.25, 0.3) is 10.9 Å². The Labute approximate surface area is 140 Å². The number of fused-ring (bicyclic) bond motifs is 2. The average molecular weight is 342 g/mol. The Morgan fingerprint density at radius 3 is 2.96 bits per heavy atom. The summed E-state index contributed by atoms with van der Waals surface area (Å²) >= 11 is 1.41. The zero-order valence-electron chi connectivity index (χ0n) is 12.8. The van der Waals surface area contributed by atoms with Gasteiger partial charge in [-0.25, -0.2) is 0 Å². The summed E-state index contributed by atoms with van der Waals surface area (Å²) in [7, 11) is 1.58. The number of nitrogens with one attached hydrogen (secondary N) is 3. The Hall–Kier alpha value is -2.74. The molecule has 1 aliphatic heterocycles. The van der Waals surface area contributed by atoms with E-state index in [-0.39, 0.29) is 22.5 Å². The van der Waals surface area contributed by atoms with Crippen molar-refractivity contribution in [2.75, 3.05) is 18.2 Å². The Morgan fingerprint density at radius 1 is 1.25 bits per heavy atom. The molecule has 7 nitrogen and oxygen atoms in total. The van der Waals surface area contributed by atoms with E-state index in [0.29, 0.717) is 22.6 Å². The van der Waals surface area contributed by atoms with Crippen LogP contribution in [-0.2, 0) is 4.79 Å². The van der Waals surface area contributed by atoms with E-state index in [9.17, 15) is 9.59 Å². The molecule has 4 rings (SSSR count). The van der Waals surface area contributed by atoms with E-state index in [1.165, 1.54) is 11.8 Å². The minimum Gasteiger partial charge on any atom is -0.497 e. The molecule has 0 bridgehead atoms. The lowest BCUT2D eigenvalue weighted by molar-refractivity contribution is -0.113. The highest BCUT2D eigenvalue weighted by atomic mass is 32.2. The first-order chi connectivity index (χ1) is 11.7. The van der Waals surface area contributed by atoms with Crippen LogP contribution in [0.15, 0.2) is 35.3 Å². The zero-order valence-corrected chi connectivity index (χ0v) is 13.6. The first kappa shape index (κ1) is 14.8. The highest BCUT2D eigenvalue weighted by Gasteiger charge is 2.27. The van der Waals surface area contributed by atoms with Gasteiger partial charge in [-0.3, -0.25) is 14.7 Å². The van der Waals surface area contributed by atoms with Crippen molar-refractivity contribution in [3.8, 4) is 5.75 Å². The summed E-state index contributed by atoms with van der Waals surface area (Å²) in [6.07, 6.45) is 1.65. The summed E-state index contributed by atoms with van der Waals surface area (Å²) in [6, 6.07) is 7.39. The van der Waals surface area contributed by atoms with Gasteiger partial charge in [0, 0.05) is 17.2 Å². The van der Waals surface area contributed by atoms with Gasteiger partial charge in [0.2, 0.25) is 5.91 Å². The quantitative estimate of drug-likeness (QED) is 0.662. The number of amides is 1. The summed E-state index contributed by atoms with van der Waals surface area (Å²) in [6.45, 7) is 0. The van der Waals surface area contributed by atoms with Gasteiger partial charge in [0.1, 0.15) is 11.6 Å². The molecule has 3 N–H and O–H groups in total. The summed E-state index contributed by atoms with van der Waals surface area (Å²) in [5, 5.41) is 10.2. The van der Waals surface area contributed by atoms with Crippen molar-refractivity contribution < 1.29 is 9.53 Å². The number of thioether (sulfide) groups is 1. The highest BCUT2D eigenvalue weighted by molar-refractivity contribution is 8.00. The first-order valence-corrected chi connectivity index (χ1v) is 8.36. The maximum absolute atomic E-state index is 12.6. The molecule has 3 aromatic rings. The molecule has 0 unspecified atom stereocenters. The smallest absolute Gasteiger partial charge is 0.253 e. The number of aromatic amines is 2. The molecule has 1 aromatic carbocycles. The lowest BCUT2D eigenvalue weighted by Gasteiger charge is -2.14. The number of nitrogens with zero attached hydrogens (tertiary/aromatic N) is 1. The van der Waals surface area contributed by atoms with Crippen molar-refractivity contribution >= 4 is 34.4 Å². The predicted molar refractivity (Wildman–Crippen MR) is 92.6 cm³/mol. The molecule has 3 heterocycles. The van der Waals surface area contributed by atoms with Crippen LogP contribution >= 0.6 is 11.8 Å². The maximum Gasteiger partial charge on any atom is 0.253 e. The minimum atomic E-state index is -0.270. The first-order valence-electron chi connectivity index (χ1n) is 7.31. The van der Waals surface area contributed by atoms with Crippen molar-refractivity contribution in [1.29, 1.82) is 0 Å². The van der Waals surface area contributed by atoms with E-state index in [0.717, 1.165) is 10.9 Å². The molecule has 24 heavy (non-hydrogen) atoms. The SMILES string of the molecule is COc1ccc2cc([C@@H]3SCC(=O)Nc4[nH]ncc43)c(=O)[nH]c2c1. The summed E-state index contributed by atoms with van der Waals surface area (Å²) in [5.41, 5.74) is 1.92. The fourth-order valence-electron chi connectivity index (χ4n) is 2.79. The molecule has 0 fully saturated rings. The lowest BCUT2D eigenvalue weighted by atomic mass is 10.1. The molecule has 0 saturated heterocycles. The maximum atomic E-state index is 12.6. The molecule has 1 amide bonds. The number of H-pyrrole nitrogens is 2. The zero-order chi connectivity index (χ0) is 16.7. The molecule has 2 aromatic heterocycles. The molecule has 1 atom stereocenters. The predicted octanol–water partition coefficient (Wildman–Crippen LogP) is 2.03. The van der Waals surface area contributed by atoms with E-state index in [2.05, 4.69) is 20.5 Å². The van der Waals surface area contributed by atoms with Crippen LogP contribution in [0.3, 0.4) is 0 Å². The van der Waals surface area contributed by atoms with Crippen molar-refractivity contribution in [2.45, 2.75) is 5.25 Å². The molecular weight excluding hydrogens is 328 g/mol. The van der Waals surface area contributed by atoms with Gasteiger partial charge < -0.3 is 15.0 Å². The molecule has 0 aliphatic carbocycles. The van der Waals surface area contributed by atoms with E-state index in [4.69, 9.17) is 4.74 Å². The molecule has 8 heteroatoms. The number of pyridine rings is 1. The summed E-state index contributed by atoms with van der Waals surface area (Å²) in [4.78, 5) is 27.3. The number of carbonyl (C=O) groups is 1. The van der Waals surface area contributed by atoms with Crippen LogP contribution in [0.5, 0.6) is 5.75 Å². The fourth-order valence-corrected chi connectivity index (χ4v) is 3.90. The Morgan fingerprint density at radius 2 is 2.12 bits per heavy atom. The molecule has 0 radical (unpaired) electrons. The molecular formula is C16H14N4O3S. The molecule has 0 saturated carbocycles.